The van der Waals surface area contributed by atoms with Gasteiger partial charge >= 0.3 is 19.3 Å². The van der Waals surface area contributed by atoms with Gasteiger partial charge in [-0.2, -0.15) is 10.2 Å². The normalized spacial score (nSPS) is 14.1. The Morgan fingerprint density at radius 1 is 0.544 bits per heavy atom. The Bertz CT molecular complexity index is 3190. The number of carbonyl (C=O) groups excluding carboxylic acids is 2. The molecule has 2 amide bonds. The van der Waals surface area contributed by atoms with Gasteiger partial charge in [-0.15, -0.1) is 40.8 Å². The standard InChI is InChI=1S/C22H27N7O2.C19H26BN3O4.C16H14N4S/c1-15-23-25-20(26-24-15)17-5-7-18(8-6-17)29-14-11-19(27-29)16-9-12-28(13-10-16)21(30)31-22(2,3)4;1-19(2,3)27-18(24)22-11-8-14(9-12-22)17-10-13-23(21-17)16-6-4-15(5-7-16)20(25)26;1-12-17-19-16(20-18-12)21-11-13-7-9-15(10-8-13)14-5-3-2-4-6-14/h5-8,11,14,16H,9-10,12-13H2,1-4H3;4-7,10,13-14,25-26H,8-9,11-12H2,1-3H3;2-10H,11H2,1H3. The summed E-state index contributed by atoms with van der Waals surface area (Å²) in [6, 6.07) is 37.7. The van der Waals surface area contributed by atoms with Gasteiger partial charge in [0.2, 0.25) is 11.0 Å². The van der Waals surface area contributed by atoms with Crippen LogP contribution in [0.15, 0.2) is 133 Å². The molecule has 0 atom stereocenters. The van der Waals surface area contributed by atoms with Crippen LogP contribution in [0.3, 0.4) is 0 Å². The molecule has 2 aliphatic heterocycles. The number of piperidine rings is 2. The highest BCUT2D eigenvalue weighted by molar-refractivity contribution is 7.98. The van der Waals surface area contributed by atoms with Crippen molar-refractivity contribution in [3.05, 3.63) is 156 Å². The molecule has 8 aromatic rings. The van der Waals surface area contributed by atoms with Crippen LogP contribution in [0.4, 0.5) is 9.59 Å². The van der Waals surface area contributed by atoms with Crippen molar-refractivity contribution in [1.29, 1.82) is 0 Å². The van der Waals surface area contributed by atoms with Crippen molar-refractivity contribution in [2.45, 2.75) is 115 Å². The van der Waals surface area contributed by atoms with E-state index in [2.05, 4.69) is 88.4 Å². The lowest BCUT2D eigenvalue weighted by atomic mass is 9.80. The predicted molar refractivity (Wildman–Crippen MR) is 302 cm³/mol. The smallest absolute Gasteiger partial charge is 0.444 e. The van der Waals surface area contributed by atoms with E-state index in [4.69, 9.17) is 14.6 Å². The van der Waals surface area contributed by atoms with E-state index in [0.717, 1.165) is 59.8 Å². The average Bonchev–Trinajstić information content (AvgIpc) is 4.19. The highest BCUT2D eigenvalue weighted by Gasteiger charge is 2.30. The maximum Gasteiger partial charge on any atom is 0.488 e. The van der Waals surface area contributed by atoms with Crippen LogP contribution < -0.4 is 5.46 Å². The third-order valence-corrected chi connectivity index (χ3v) is 13.7. The molecule has 4 aromatic heterocycles. The molecular weight excluding hydrogens is 1020 g/mol. The minimum Gasteiger partial charge on any atom is -0.444 e. The molecule has 4 aromatic carbocycles. The summed E-state index contributed by atoms with van der Waals surface area (Å²) >= 11 is 1.54. The number of aromatic nitrogens is 12. The molecule has 2 N–H and O–H groups in total. The molecule has 0 aliphatic carbocycles. The molecule has 0 unspecified atom stereocenters. The Hall–Kier alpha value is -7.95. The van der Waals surface area contributed by atoms with Gasteiger partial charge in [0.15, 0.2) is 11.6 Å². The Morgan fingerprint density at radius 2 is 0.962 bits per heavy atom. The zero-order chi connectivity index (χ0) is 56.1. The number of carbonyl (C=O) groups is 2. The predicted octanol–water partition coefficient (Wildman–Crippen LogP) is 8.74. The fourth-order valence-corrected chi connectivity index (χ4v) is 9.31. The van der Waals surface area contributed by atoms with Gasteiger partial charge in [-0.05, 0) is 152 Å². The number of benzene rings is 4. The number of aryl methyl sites for hydroxylation is 2. The first kappa shape index (κ1) is 57.2. The number of amides is 2. The molecule has 0 spiro atoms. The molecule has 10 rings (SSSR count). The van der Waals surface area contributed by atoms with E-state index < -0.39 is 18.3 Å². The van der Waals surface area contributed by atoms with Crippen molar-refractivity contribution >= 4 is 36.5 Å². The lowest BCUT2D eigenvalue weighted by Crippen LogP contribution is -2.41. The summed E-state index contributed by atoms with van der Waals surface area (Å²) in [7, 11) is -1.47. The summed E-state index contributed by atoms with van der Waals surface area (Å²) < 4.78 is 14.6. The number of hydrogen-bond acceptors (Lipinski definition) is 17. The minimum absolute atomic E-state index is 0.237. The first-order valence-corrected chi connectivity index (χ1v) is 27.3. The van der Waals surface area contributed by atoms with Gasteiger partial charge in [-0.3, -0.25) is 0 Å². The zero-order valence-corrected chi connectivity index (χ0v) is 46.7. The van der Waals surface area contributed by atoms with Gasteiger partial charge in [-0.1, -0.05) is 78.5 Å². The van der Waals surface area contributed by atoms with Crippen LogP contribution in [0.2, 0.25) is 0 Å². The molecule has 2 saturated heterocycles. The topological polar surface area (TPSA) is 238 Å². The summed E-state index contributed by atoms with van der Waals surface area (Å²) in [4.78, 5) is 28.0. The number of rotatable bonds is 10. The largest absolute Gasteiger partial charge is 0.488 e. The van der Waals surface area contributed by atoms with Crippen LogP contribution in [0.1, 0.15) is 108 Å². The van der Waals surface area contributed by atoms with E-state index in [1.807, 2.05) is 107 Å². The molecule has 0 radical (unpaired) electrons. The van der Waals surface area contributed by atoms with Crippen LogP contribution in [-0.4, -0.2) is 137 Å². The maximum atomic E-state index is 12.3. The number of likely N-dealkylation sites (tertiary alicyclic amines) is 2. The summed E-state index contributed by atoms with van der Waals surface area (Å²) in [5, 5.41) is 60.2. The molecule has 22 heteroatoms. The molecule has 20 nitrogen and oxygen atoms in total. The summed E-state index contributed by atoms with van der Waals surface area (Å²) in [6.07, 6.45) is 6.84. The molecular formula is C57H67BN14O6S. The van der Waals surface area contributed by atoms with Crippen LogP contribution in [0.5, 0.6) is 0 Å². The van der Waals surface area contributed by atoms with Gasteiger partial charge in [0.25, 0.3) is 0 Å². The summed E-state index contributed by atoms with van der Waals surface area (Å²) in [5.41, 5.74) is 7.88. The number of thioether (sulfide) groups is 1. The van der Waals surface area contributed by atoms with Crippen molar-refractivity contribution in [2.24, 2.45) is 0 Å². The SMILES string of the molecule is CC(C)(C)OC(=O)N1CCC(c2ccn(-c3ccc(B(O)O)cc3)n2)CC1.Cc1nnc(-c2ccc(-n3ccc(C4CCN(C(=O)OC(C)(C)C)CC4)n3)cc2)nn1.Cc1nnc(SCc2ccc(-c3ccccc3)cc2)nn1. The second-order valence-electron chi connectivity index (χ2n) is 21.2. The van der Waals surface area contributed by atoms with Crippen LogP contribution in [-0.2, 0) is 15.2 Å². The molecule has 6 heterocycles. The molecule has 0 saturated carbocycles. The molecule has 0 bridgehead atoms. The van der Waals surface area contributed by atoms with Gasteiger partial charge in [0.1, 0.15) is 11.2 Å². The minimum atomic E-state index is -1.47. The second kappa shape index (κ2) is 26.1. The molecule has 79 heavy (non-hydrogen) atoms. The maximum absolute atomic E-state index is 12.3. The number of ether oxygens (including phenoxy) is 2. The van der Waals surface area contributed by atoms with Crippen LogP contribution in [0.25, 0.3) is 33.9 Å². The van der Waals surface area contributed by atoms with Gasteiger partial charge < -0.3 is 29.3 Å². The average molecular weight is 1090 g/mol. The van der Waals surface area contributed by atoms with Crippen molar-refractivity contribution in [3.8, 4) is 33.9 Å². The Kier molecular flexibility index (Phi) is 18.9. The third-order valence-electron chi connectivity index (χ3n) is 12.8. The van der Waals surface area contributed by atoms with E-state index >= 15 is 0 Å². The number of hydrogen-bond donors (Lipinski definition) is 2. The van der Waals surface area contributed by atoms with E-state index in [1.54, 1.807) is 52.6 Å². The lowest BCUT2D eigenvalue weighted by Gasteiger charge is -2.32. The fourth-order valence-electron chi connectivity index (χ4n) is 8.63. The van der Waals surface area contributed by atoms with E-state index in [1.165, 1.54) is 28.5 Å². The fraction of sp³-hybridized carbons (Fsp3) is 0.368. The lowest BCUT2D eigenvalue weighted by molar-refractivity contribution is 0.0193. The summed E-state index contributed by atoms with van der Waals surface area (Å²) in [6.45, 7) is 17.5. The van der Waals surface area contributed by atoms with E-state index in [-0.39, 0.29) is 12.2 Å². The molecule has 2 fully saturated rings. The quantitative estimate of drug-likeness (QED) is 0.0961. The highest BCUT2D eigenvalue weighted by Crippen LogP contribution is 2.30. The highest BCUT2D eigenvalue weighted by atomic mass is 32.2. The zero-order valence-electron chi connectivity index (χ0n) is 45.9. The van der Waals surface area contributed by atoms with Crippen molar-refractivity contribution in [3.63, 3.8) is 0 Å². The Labute approximate surface area is 465 Å². The van der Waals surface area contributed by atoms with E-state index in [9.17, 15) is 19.6 Å². The Balaban J connectivity index is 0.000000159. The van der Waals surface area contributed by atoms with Gasteiger partial charge in [0, 0.05) is 61.7 Å². The first-order valence-electron chi connectivity index (χ1n) is 26.3. The summed E-state index contributed by atoms with van der Waals surface area (Å²) in [5.74, 6) is 3.07. The van der Waals surface area contributed by atoms with Crippen molar-refractivity contribution in [2.75, 3.05) is 26.2 Å². The monoisotopic (exact) mass is 1090 g/mol. The first-order chi connectivity index (χ1) is 37.8. The van der Waals surface area contributed by atoms with Crippen LogP contribution >= 0.6 is 11.8 Å². The van der Waals surface area contributed by atoms with Crippen molar-refractivity contribution < 1.29 is 29.1 Å². The Morgan fingerprint density at radius 3 is 1.41 bits per heavy atom. The molecule has 2 aliphatic rings. The third kappa shape index (κ3) is 16.8. The molecule has 410 valence electrons. The second-order valence-corrected chi connectivity index (χ2v) is 22.2. The number of nitrogens with zero attached hydrogens (tertiary/aromatic N) is 14. The van der Waals surface area contributed by atoms with E-state index in [0.29, 0.717) is 66.1 Å². The van der Waals surface area contributed by atoms with Crippen LogP contribution in [0, 0.1) is 13.8 Å². The van der Waals surface area contributed by atoms with Crippen molar-refractivity contribution in [1.82, 2.24) is 70.2 Å². The van der Waals surface area contributed by atoms with Gasteiger partial charge in [-0.25, -0.2) is 19.0 Å². The van der Waals surface area contributed by atoms with Gasteiger partial charge in [0.05, 0.1) is 22.8 Å².